The number of rotatable bonds is 7. The van der Waals surface area contributed by atoms with E-state index in [1.807, 2.05) is 0 Å². The van der Waals surface area contributed by atoms with Crippen molar-refractivity contribution in [2.75, 3.05) is 4.90 Å². The van der Waals surface area contributed by atoms with Crippen molar-refractivity contribution in [3.8, 4) is 22.3 Å². The van der Waals surface area contributed by atoms with Crippen LogP contribution in [0.15, 0.2) is 212 Å². The predicted octanol–water partition coefficient (Wildman–Crippen LogP) is 13.5. The van der Waals surface area contributed by atoms with E-state index in [4.69, 9.17) is 0 Å². The van der Waals surface area contributed by atoms with Crippen LogP contribution in [0.5, 0.6) is 0 Å². The maximum atomic E-state index is 2.42. The van der Waals surface area contributed by atoms with Crippen LogP contribution in [-0.4, -0.2) is 0 Å². The van der Waals surface area contributed by atoms with Crippen molar-refractivity contribution in [1.29, 1.82) is 0 Å². The number of benzene rings is 9. The molecule has 0 fully saturated rings. The van der Waals surface area contributed by atoms with Crippen LogP contribution in [0.3, 0.4) is 0 Å². The van der Waals surface area contributed by atoms with E-state index in [0.29, 0.717) is 0 Å². The van der Waals surface area contributed by atoms with E-state index in [2.05, 4.69) is 217 Å². The SMILES string of the molecule is c1ccc(-c2ccc(N(c3ccc(-c4ccccc4)cc3)c3cccc(C4(c5ccccc5)c5cccc6ccc7cccc4c7c56)c3)cc2)cc1. The molecule has 52 heavy (non-hydrogen) atoms. The van der Waals surface area contributed by atoms with Gasteiger partial charge in [-0.15, -0.1) is 0 Å². The van der Waals surface area contributed by atoms with Gasteiger partial charge in [0.2, 0.25) is 0 Å². The summed E-state index contributed by atoms with van der Waals surface area (Å²) in [5.41, 5.74) is 12.9. The Kier molecular flexibility index (Phi) is 7.11. The number of hydrogen-bond donors (Lipinski definition) is 0. The van der Waals surface area contributed by atoms with Gasteiger partial charge in [0, 0.05) is 17.1 Å². The third-order valence-electron chi connectivity index (χ3n) is 10.9. The van der Waals surface area contributed by atoms with Crippen LogP contribution in [0, 0.1) is 0 Å². The van der Waals surface area contributed by atoms with Gasteiger partial charge in [0.05, 0.1) is 5.41 Å². The molecular formula is C51H35N. The van der Waals surface area contributed by atoms with Crippen molar-refractivity contribution in [2.45, 2.75) is 5.41 Å². The van der Waals surface area contributed by atoms with E-state index in [-0.39, 0.29) is 0 Å². The van der Waals surface area contributed by atoms with E-state index in [1.54, 1.807) is 0 Å². The summed E-state index contributed by atoms with van der Waals surface area (Å²) in [4.78, 5) is 2.40. The fraction of sp³-hybridized carbons (Fsp3) is 0.0196. The maximum absolute atomic E-state index is 2.42. The Morgan fingerprint density at radius 3 is 1.21 bits per heavy atom. The van der Waals surface area contributed by atoms with Crippen LogP contribution in [0.1, 0.15) is 22.3 Å². The monoisotopic (exact) mass is 661 g/mol. The topological polar surface area (TPSA) is 3.24 Å². The van der Waals surface area contributed by atoms with E-state index >= 15 is 0 Å². The van der Waals surface area contributed by atoms with Gasteiger partial charge in [0.1, 0.15) is 0 Å². The van der Waals surface area contributed by atoms with Gasteiger partial charge in [-0.3, -0.25) is 0 Å². The second-order valence-corrected chi connectivity index (χ2v) is 13.7. The first-order valence-corrected chi connectivity index (χ1v) is 18.0. The minimum absolute atomic E-state index is 0.486. The minimum atomic E-state index is -0.486. The zero-order chi connectivity index (χ0) is 34.5. The van der Waals surface area contributed by atoms with Crippen LogP contribution >= 0.6 is 0 Å². The molecule has 1 aliphatic carbocycles. The summed E-state index contributed by atoms with van der Waals surface area (Å²) >= 11 is 0. The number of hydrogen-bond acceptors (Lipinski definition) is 1. The fourth-order valence-electron chi connectivity index (χ4n) is 8.60. The Morgan fingerprint density at radius 1 is 0.288 bits per heavy atom. The summed E-state index contributed by atoms with van der Waals surface area (Å²) in [5.74, 6) is 0. The molecule has 0 heterocycles. The Labute approximate surface area is 304 Å². The quantitative estimate of drug-likeness (QED) is 0.154. The zero-order valence-electron chi connectivity index (χ0n) is 28.7. The molecule has 244 valence electrons. The van der Waals surface area contributed by atoms with Gasteiger partial charge in [0.25, 0.3) is 0 Å². The van der Waals surface area contributed by atoms with Crippen LogP contribution in [0.4, 0.5) is 17.1 Å². The smallest absolute Gasteiger partial charge is 0.0714 e. The Hall–Kier alpha value is -6.70. The van der Waals surface area contributed by atoms with Crippen molar-refractivity contribution >= 4 is 38.6 Å². The summed E-state index contributed by atoms with van der Waals surface area (Å²) in [6.07, 6.45) is 0. The van der Waals surface area contributed by atoms with Gasteiger partial charge in [-0.1, -0.05) is 176 Å². The summed E-state index contributed by atoms with van der Waals surface area (Å²) in [6, 6.07) is 77.7. The van der Waals surface area contributed by atoms with Gasteiger partial charge in [-0.2, -0.15) is 0 Å². The maximum Gasteiger partial charge on any atom is 0.0714 e. The summed E-state index contributed by atoms with van der Waals surface area (Å²) in [6.45, 7) is 0. The van der Waals surface area contributed by atoms with Gasteiger partial charge in [-0.05, 0) is 102 Å². The second-order valence-electron chi connectivity index (χ2n) is 13.7. The van der Waals surface area contributed by atoms with Gasteiger partial charge >= 0.3 is 0 Å². The van der Waals surface area contributed by atoms with Crippen molar-refractivity contribution in [2.24, 2.45) is 0 Å². The van der Waals surface area contributed by atoms with Crippen LogP contribution < -0.4 is 4.90 Å². The summed E-state index contributed by atoms with van der Waals surface area (Å²) in [7, 11) is 0. The van der Waals surface area contributed by atoms with Crippen molar-refractivity contribution in [3.05, 3.63) is 235 Å². The summed E-state index contributed by atoms with van der Waals surface area (Å²) < 4.78 is 0. The van der Waals surface area contributed by atoms with Crippen LogP contribution in [-0.2, 0) is 5.41 Å². The van der Waals surface area contributed by atoms with E-state index in [9.17, 15) is 0 Å². The molecule has 0 unspecified atom stereocenters. The van der Waals surface area contributed by atoms with E-state index in [0.717, 1.165) is 17.1 Å². The molecule has 0 spiro atoms. The lowest BCUT2D eigenvalue weighted by atomic mass is 9.67. The van der Waals surface area contributed by atoms with Crippen molar-refractivity contribution < 1.29 is 0 Å². The number of anilines is 3. The molecule has 0 bridgehead atoms. The second kappa shape index (κ2) is 12.3. The first-order valence-electron chi connectivity index (χ1n) is 18.0. The molecule has 0 saturated carbocycles. The molecule has 1 nitrogen and oxygen atoms in total. The predicted molar refractivity (Wildman–Crippen MR) is 219 cm³/mol. The van der Waals surface area contributed by atoms with Crippen LogP contribution in [0.25, 0.3) is 43.8 Å². The Morgan fingerprint density at radius 2 is 0.712 bits per heavy atom. The molecule has 9 aromatic rings. The molecule has 0 N–H and O–H groups in total. The highest BCUT2D eigenvalue weighted by molar-refractivity contribution is 6.16. The molecular weight excluding hydrogens is 627 g/mol. The Bertz CT molecular complexity index is 2550. The lowest BCUT2D eigenvalue weighted by molar-refractivity contribution is 0.771. The highest BCUT2D eigenvalue weighted by Gasteiger charge is 2.45. The molecule has 0 radical (unpaired) electrons. The third kappa shape index (κ3) is 4.71. The van der Waals surface area contributed by atoms with Gasteiger partial charge in [0.15, 0.2) is 0 Å². The molecule has 0 amide bonds. The Balaban J connectivity index is 1.18. The summed E-state index contributed by atoms with van der Waals surface area (Å²) in [5, 5.41) is 5.28. The van der Waals surface area contributed by atoms with E-state index < -0.39 is 5.41 Å². The molecule has 9 aromatic carbocycles. The average Bonchev–Trinajstić information content (AvgIpc) is 3.54. The fourth-order valence-corrected chi connectivity index (χ4v) is 8.60. The van der Waals surface area contributed by atoms with Crippen molar-refractivity contribution in [1.82, 2.24) is 0 Å². The van der Waals surface area contributed by atoms with E-state index in [1.165, 1.54) is 66.1 Å². The van der Waals surface area contributed by atoms with Gasteiger partial charge < -0.3 is 4.90 Å². The molecule has 1 aliphatic rings. The average molecular weight is 662 g/mol. The van der Waals surface area contributed by atoms with Crippen molar-refractivity contribution in [3.63, 3.8) is 0 Å². The molecule has 1 heteroatoms. The molecule has 10 rings (SSSR count). The molecule has 0 aliphatic heterocycles. The highest BCUT2D eigenvalue weighted by Crippen LogP contribution is 2.56. The highest BCUT2D eigenvalue weighted by atomic mass is 15.1. The molecule has 0 atom stereocenters. The standard InChI is InChI=1S/C51H35N/c1-4-13-36(14-5-1)38-27-31-44(32-28-38)52(45-33-29-39(30-34-45)37-15-6-2-7-16-37)46-22-12-21-43(35-46)51(42-19-8-3-9-20-42)47-23-10-17-40-25-26-41-18-11-24-48(51)50(41)49(40)47/h1-35H. The third-order valence-corrected chi connectivity index (χ3v) is 10.9. The largest absolute Gasteiger partial charge is 0.310 e. The zero-order valence-corrected chi connectivity index (χ0v) is 28.7. The molecule has 0 saturated heterocycles. The van der Waals surface area contributed by atoms with Gasteiger partial charge in [-0.25, -0.2) is 0 Å². The van der Waals surface area contributed by atoms with Crippen LogP contribution in [0.2, 0.25) is 0 Å². The normalized spacial score (nSPS) is 12.8. The first-order chi connectivity index (χ1) is 25.8. The minimum Gasteiger partial charge on any atom is -0.310 e. The lowest BCUT2D eigenvalue weighted by Gasteiger charge is -2.35. The molecule has 0 aromatic heterocycles. The number of nitrogens with zero attached hydrogens (tertiary/aromatic N) is 1. The lowest BCUT2D eigenvalue weighted by Crippen LogP contribution is -2.29. The first kappa shape index (κ1) is 30.2.